The molecule has 1 saturated carbocycles. The molecule has 3 rings (SSSR count). The third-order valence-corrected chi connectivity index (χ3v) is 4.34. The Morgan fingerprint density at radius 1 is 1.43 bits per heavy atom. The maximum Gasteiger partial charge on any atom is 0.0897 e. The Morgan fingerprint density at radius 2 is 2.29 bits per heavy atom. The molecular weight excluding hydrogens is 264 g/mol. The minimum atomic E-state index is -0.413. The van der Waals surface area contributed by atoms with Crippen molar-refractivity contribution in [3.05, 3.63) is 29.3 Å². The molecule has 1 unspecified atom stereocenters. The zero-order chi connectivity index (χ0) is 14.7. The number of hydrogen-bond donors (Lipinski definition) is 2. The first-order chi connectivity index (χ1) is 10.2. The quantitative estimate of drug-likeness (QED) is 0.762. The van der Waals surface area contributed by atoms with Crippen molar-refractivity contribution in [3.63, 3.8) is 0 Å². The number of hydrogen-bond acceptors (Lipinski definition) is 4. The summed E-state index contributed by atoms with van der Waals surface area (Å²) in [6.07, 6.45) is 3.31. The molecule has 0 bridgehead atoms. The van der Waals surface area contributed by atoms with Gasteiger partial charge >= 0.3 is 0 Å². The second kappa shape index (κ2) is 6.77. The average Bonchev–Trinajstić information content (AvgIpc) is 3.22. The molecule has 1 aromatic rings. The summed E-state index contributed by atoms with van der Waals surface area (Å²) in [7, 11) is 2.14. The van der Waals surface area contributed by atoms with Crippen molar-refractivity contribution in [1.29, 1.82) is 0 Å². The summed E-state index contributed by atoms with van der Waals surface area (Å²) in [6, 6.07) is 6.65. The van der Waals surface area contributed by atoms with Gasteiger partial charge in [-0.1, -0.05) is 12.1 Å². The number of benzene rings is 1. The molecule has 1 fully saturated rings. The lowest BCUT2D eigenvalue weighted by molar-refractivity contribution is 0.0324. The van der Waals surface area contributed by atoms with Crippen LogP contribution in [0.3, 0.4) is 0 Å². The van der Waals surface area contributed by atoms with Crippen LogP contribution in [0.4, 0.5) is 5.69 Å². The molecule has 21 heavy (non-hydrogen) atoms. The van der Waals surface area contributed by atoms with Crippen molar-refractivity contribution in [2.75, 3.05) is 38.3 Å². The van der Waals surface area contributed by atoms with Gasteiger partial charge in [0.2, 0.25) is 0 Å². The zero-order valence-corrected chi connectivity index (χ0v) is 12.8. The lowest BCUT2D eigenvalue weighted by Gasteiger charge is -2.14. The van der Waals surface area contributed by atoms with Gasteiger partial charge in [-0.05, 0) is 42.4 Å². The number of rotatable bonds is 8. The number of nitrogens with one attached hydrogen (secondary N) is 1. The molecule has 1 atom stereocenters. The van der Waals surface area contributed by atoms with Crippen LogP contribution in [0.15, 0.2) is 18.2 Å². The van der Waals surface area contributed by atoms with Crippen LogP contribution in [0.1, 0.15) is 24.0 Å². The fourth-order valence-electron chi connectivity index (χ4n) is 2.83. The minimum absolute atomic E-state index is 0.413. The van der Waals surface area contributed by atoms with E-state index in [0.29, 0.717) is 13.2 Å². The lowest BCUT2D eigenvalue weighted by atomic mass is 10.1. The van der Waals surface area contributed by atoms with Crippen LogP contribution in [0.5, 0.6) is 0 Å². The third kappa shape index (κ3) is 4.19. The summed E-state index contributed by atoms with van der Waals surface area (Å²) in [5, 5.41) is 13.2. The highest BCUT2D eigenvalue weighted by atomic mass is 16.5. The largest absolute Gasteiger partial charge is 0.389 e. The van der Waals surface area contributed by atoms with E-state index in [4.69, 9.17) is 4.74 Å². The molecule has 2 N–H and O–H groups in total. The van der Waals surface area contributed by atoms with Gasteiger partial charge < -0.3 is 20.1 Å². The van der Waals surface area contributed by atoms with Gasteiger partial charge in [-0.3, -0.25) is 0 Å². The SMILES string of the molecule is CN1CCc2cc(CNCC(O)COCC3CC3)ccc21. The zero-order valence-electron chi connectivity index (χ0n) is 12.8. The first-order valence-corrected chi connectivity index (χ1v) is 8.02. The summed E-state index contributed by atoms with van der Waals surface area (Å²) in [4.78, 5) is 2.30. The molecule has 0 saturated heterocycles. The number of nitrogens with zero attached hydrogens (tertiary/aromatic N) is 1. The summed E-state index contributed by atoms with van der Waals surface area (Å²) < 4.78 is 5.50. The average molecular weight is 290 g/mol. The molecule has 2 aliphatic rings. The number of anilines is 1. The van der Waals surface area contributed by atoms with Gasteiger partial charge in [0.05, 0.1) is 12.7 Å². The van der Waals surface area contributed by atoms with Crippen LogP contribution in [0.2, 0.25) is 0 Å². The molecule has 1 heterocycles. The normalized spacial score (nSPS) is 18.9. The van der Waals surface area contributed by atoms with Gasteiger partial charge in [0.25, 0.3) is 0 Å². The Hall–Kier alpha value is -1.10. The Bertz CT molecular complexity index is 474. The van der Waals surface area contributed by atoms with Crippen molar-refractivity contribution in [2.24, 2.45) is 5.92 Å². The number of aliphatic hydroxyl groups excluding tert-OH is 1. The van der Waals surface area contributed by atoms with Gasteiger partial charge in [-0.25, -0.2) is 0 Å². The molecule has 0 spiro atoms. The van der Waals surface area contributed by atoms with Gasteiger partial charge in [0, 0.05) is 39.0 Å². The van der Waals surface area contributed by atoms with Gasteiger partial charge in [-0.2, -0.15) is 0 Å². The van der Waals surface area contributed by atoms with Gasteiger partial charge in [0.15, 0.2) is 0 Å². The topological polar surface area (TPSA) is 44.7 Å². The molecule has 0 aromatic heterocycles. The van der Waals surface area contributed by atoms with E-state index < -0.39 is 6.10 Å². The van der Waals surface area contributed by atoms with E-state index in [1.807, 2.05) is 0 Å². The van der Waals surface area contributed by atoms with Crippen molar-refractivity contribution in [1.82, 2.24) is 5.32 Å². The molecule has 116 valence electrons. The summed E-state index contributed by atoms with van der Waals surface area (Å²) in [5.74, 6) is 0.759. The third-order valence-electron chi connectivity index (χ3n) is 4.34. The predicted molar refractivity (Wildman–Crippen MR) is 84.7 cm³/mol. The Morgan fingerprint density at radius 3 is 3.10 bits per heavy atom. The van der Waals surface area contributed by atoms with E-state index in [9.17, 15) is 5.11 Å². The first kappa shape index (κ1) is 14.8. The van der Waals surface area contributed by atoms with Crippen LogP contribution in [-0.2, 0) is 17.7 Å². The van der Waals surface area contributed by atoms with Crippen molar-refractivity contribution in [3.8, 4) is 0 Å². The summed E-state index contributed by atoms with van der Waals surface area (Å²) in [5.41, 5.74) is 4.08. The van der Waals surface area contributed by atoms with E-state index in [1.165, 1.54) is 29.7 Å². The fourth-order valence-corrected chi connectivity index (χ4v) is 2.83. The van der Waals surface area contributed by atoms with Gasteiger partial charge in [0.1, 0.15) is 0 Å². The van der Waals surface area contributed by atoms with Crippen molar-refractivity contribution < 1.29 is 9.84 Å². The van der Waals surface area contributed by atoms with Crippen LogP contribution in [0.25, 0.3) is 0 Å². The molecule has 0 amide bonds. The molecule has 4 heteroatoms. The molecular formula is C17H26N2O2. The molecule has 4 nitrogen and oxygen atoms in total. The highest BCUT2D eigenvalue weighted by molar-refractivity contribution is 5.58. The van der Waals surface area contributed by atoms with E-state index in [-0.39, 0.29) is 0 Å². The fraction of sp³-hybridized carbons (Fsp3) is 0.647. The van der Waals surface area contributed by atoms with Crippen LogP contribution in [0, 0.1) is 5.92 Å². The van der Waals surface area contributed by atoms with Crippen LogP contribution < -0.4 is 10.2 Å². The van der Waals surface area contributed by atoms with E-state index in [0.717, 1.165) is 32.0 Å². The summed E-state index contributed by atoms with van der Waals surface area (Å²) in [6.45, 7) is 3.76. The highest BCUT2D eigenvalue weighted by Gasteiger charge is 2.21. The smallest absolute Gasteiger partial charge is 0.0897 e. The van der Waals surface area contributed by atoms with Crippen LogP contribution >= 0.6 is 0 Å². The Balaban J connectivity index is 1.36. The number of aliphatic hydroxyl groups is 1. The lowest BCUT2D eigenvalue weighted by Crippen LogP contribution is -2.30. The second-order valence-electron chi connectivity index (χ2n) is 6.40. The van der Waals surface area contributed by atoms with Gasteiger partial charge in [-0.15, -0.1) is 0 Å². The highest BCUT2D eigenvalue weighted by Crippen LogP contribution is 2.29. The standard InChI is InChI=1S/C17H26N2O2/c1-19-7-6-15-8-14(4-5-17(15)19)9-18-10-16(20)12-21-11-13-2-3-13/h4-5,8,13,16,18,20H,2-3,6-7,9-12H2,1H3. The molecule has 1 aliphatic carbocycles. The molecule has 1 aromatic carbocycles. The van der Waals surface area contributed by atoms with E-state index in [2.05, 4.69) is 35.5 Å². The summed E-state index contributed by atoms with van der Waals surface area (Å²) >= 11 is 0. The maximum absolute atomic E-state index is 9.86. The van der Waals surface area contributed by atoms with Crippen molar-refractivity contribution in [2.45, 2.75) is 31.9 Å². The number of fused-ring (bicyclic) bond motifs is 1. The van der Waals surface area contributed by atoms with Crippen LogP contribution in [-0.4, -0.2) is 44.6 Å². The number of ether oxygens (including phenoxy) is 1. The number of likely N-dealkylation sites (N-methyl/N-ethyl adjacent to an activating group) is 1. The molecule has 1 aliphatic heterocycles. The Kier molecular flexibility index (Phi) is 4.78. The maximum atomic E-state index is 9.86. The Labute approximate surface area is 127 Å². The van der Waals surface area contributed by atoms with Crippen molar-refractivity contribution >= 4 is 5.69 Å². The monoisotopic (exact) mass is 290 g/mol. The second-order valence-corrected chi connectivity index (χ2v) is 6.40. The van der Waals surface area contributed by atoms with E-state index >= 15 is 0 Å². The minimum Gasteiger partial charge on any atom is -0.389 e. The van der Waals surface area contributed by atoms with E-state index in [1.54, 1.807) is 0 Å². The predicted octanol–water partition coefficient (Wildman–Crippen LogP) is 1.56. The molecule has 0 radical (unpaired) electrons. The first-order valence-electron chi connectivity index (χ1n) is 8.02.